The number of amides is 1. The summed E-state index contributed by atoms with van der Waals surface area (Å²) in [6.07, 6.45) is 1.01. The van der Waals surface area contributed by atoms with E-state index in [4.69, 9.17) is 4.52 Å². The number of carbonyl (C=O) groups is 1. The zero-order valence-corrected chi connectivity index (χ0v) is 16.3. The molecule has 0 aliphatic heterocycles. The lowest BCUT2D eigenvalue weighted by Gasteiger charge is -2.20. The lowest BCUT2D eigenvalue weighted by Crippen LogP contribution is -2.29. The first-order chi connectivity index (χ1) is 13.6. The lowest BCUT2D eigenvalue weighted by atomic mass is 9.93. The average molecular weight is 438 g/mol. The van der Waals surface area contributed by atoms with E-state index in [1.165, 1.54) is 0 Å². The maximum atomic E-state index is 11.5. The van der Waals surface area contributed by atoms with Gasteiger partial charge in [-0.3, -0.25) is 4.98 Å². The summed E-state index contributed by atoms with van der Waals surface area (Å²) in [6.45, 7) is 0. The van der Waals surface area contributed by atoms with Crippen LogP contribution in [-0.2, 0) is 6.42 Å². The molecule has 6 nitrogen and oxygen atoms in total. The molecule has 2 N–H and O–H groups in total. The summed E-state index contributed by atoms with van der Waals surface area (Å²) < 4.78 is 6.33. The molecule has 0 aliphatic carbocycles. The van der Waals surface area contributed by atoms with Crippen molar-refractivity contribution < 1.29 is 14.4 Å². The topological polar surface area (TPSA) is 88.2 Å². The van der Waals surface area contributed by atoms with Crippen molar-refractivity contribution in [3.8, 4) is 11.3 Å². The molecule has 0 unspecified atom stereocenters. The summed E-state index contributed by atoms with van der Waals surface area (Å²) in [5.41, 5.74) is 3.74. The van der Waals surface area contributed by atoms with Crippen LogP contribution in [0.4, 0.5) is 4.79 Å². The zero-order valence-electron chi connectivity index (χ0n) is 14.7. The van der Waals surface area contributed by atoms with E-state index in [1.807, 2.05) is 60.7 Å². The minimum absolute atomic E-state index is 0.414. The minimum atomic E-state index is -1.10. The zero-order chi connectivity index (χ0) is 19.5. The van der Waals surface area contributed by atoms with Crippen LogP contribution in [0.15, 0.2) is 75.9 Å². The molecule has 0 bridgehead atoms. The van der Waals surface area contributed by atoms with Crippen LogP contribution in [-0.4, -0.2) is 21.3 Å². The van der Waals surface area contributed by atoms with E-state index in [0.717, 1.165) is 26.7 Å². The number of nitrogens with one attached hydrogen (secondary N) is 1. The van der Waals surface area contributed by atoms with Crippen molar-refractivity contribution in [1.29, 1.82) is 0 Å². The number of aromatic nitrogens is 2. The number of hydrogen-bond donors (Lipinski definition) is 2. The molecule has 4 aromatic rings. The fourth-order valence-electron chi connectivity index (χ4n) is 3.23. The van der Waals surface area contributed by atoms with Gasteiger partial charge in [-0.2, -0.15) is 0 Å². The van der Waals surface area contributed by atoms with Gasteiger partial charge >= 0.3 is 6.09 Å². The molecule has 2 heterocycles. The van der Waals surface area contributed by atoms with Gasteiger partial charge in [-0.1, -0.05) is 45.4 Å². The molecule has 140 valence electrons. The van der Waals surface area contributed by atoms with Gasteiger partial charge in [-0.05, 0) is 42.0 Å². The molecular weight excluding hydrogens is 422 g/mol. The van der Waals surface area contributed by atoms with Crippen molar-refractivity contribution in [3.63, 3.8) is 0 Å². The number of nitrogens with zero attached hydrogens (tertiary/aromatic N) is 2. The van der Waals surface area contributed by atoms with Crippen molar-refractivity contribution >= 4 is 33.0 Å². The van der Waals surface area contributed by atoms with E-state index in [0.29, 0.717) is 17.7 Å². The third kappa shape index (κ3) is 3.75. The highest BCUT2D eigenvalue weighted by molar-refractivity contribution is 9.10. The maximum absolute atomic E-state index is 11.5. The predicted octanol–water partition coefficient (Wildman–Crippen LogP) is 5.20. The summed E-state index contributed by atoms with van der Waals surface area (Å²) in [5.74, 6) is 0. The van der Waals surface area contributed by atoms with Crippen LogP contribution in [0.1, 0.15) is 17.3 Å². The van der Waals surface area contributed by atoms with Crippen molar-refractivity contribution in [3.05, 3.63) is 82.6 Å². The predicted molar refractivity (Wildman–Crippen MR) is 109 cm³/mol. The quantitative estimate of drug-likeness (QED) is 0.447. The van der Waals surface area contributed by atoms with E-state index in [2.05, 4.69) is 31.4 Å². The Morgan fingerprint density at radius 3 is 2.75 bits per heavy atom. The highest BCUT2D eigenvalue weighted by Crippen LogP contribution is 2.35. The third-order valence-electron chi connectivity index (χ3n) is 4.46. The Hall–Kier alpha value is -3.19. The van der Waals surface area contributed by atoms with Gasteiger partial charge in [-0.25, -0.2) is 4.79 Å². The van der Waals surface area contributed by atoms with Crippen LogP contribution >= 0.6 is 15.9 Å². The van der Waals surface area contributed by atoms with Crippen LogP contribution < -0.4 is 5.32 Å². The molecule has 0 saturated heterocycles. The van der Waals surface area contributed by atoms with E-state index < -0.39 is 12.1 Å². The Kier molecular flexibility index (Phi) is 5.08. The van der Waals surface area contributed by atoms with E-state index in [1.54, 1.807) is 6.20 Å². The molecule has 0 aliphatic rings. The van der Waals surface area contributed by atoms with Gasteiger partial charge in [0.2, 0.25) is 0 Å². The summed E-state index contributed by atoms with van der Waals surface area (Å²) in [7, 11) is 0. The number of rotatable bonds is 5. The largest absolute Gasteiger partial charge is 0.465 e. The van der Waals surface area contributed by atoms with Gasteiger partial charge in [0.25, 0.3) is 0 Å². The minimum Gasteiger partial charge on any atom is -0.465 e. The molecule has 0 saturated carbocycles. The Bertz CT molecular complexity index is 1130. The molecular formula is C21H16BrN3O3. The van der Waals surface area contributed by atoms with Gasteiger partial charge in [0.15, 0.2) is 5.58 Å². The number of pyridine rings is 1. The summed E-state index contributed by atoms with van der Waals surface area (Å²) in [5, 5.41) is 17.1. The average Bonchev–Trinajstić information content (AvgIpc) is 3.12. The number of fused-ring (bicyclic) bond motifs is 1. The second-order valence-electron chi connectivity index (χ2n) is 6.29. The van der Waals surface area contributed by atoms with E-state index in [-0.39, 0.29) is 0 Å². The maximum Gasteiger partial charge on any atom is 0.405 e. The summed E-state index contributed by atoms with van der Waals surface area (Å²) in [4.78, 5) is 15.8. The van der Waals surface area contributed by atoms with Gasteiger partial charge in [0, 0.05) is 33.7 Å². The molecule has 4 rings (SSSR count). The van der Waals surface area contributed by atoms with Crippen LogP contribution in [0.5, 0.6) is 0 Å². The van der Waals surface area contributed by atoms with Gasteiger partial charge < -0.3 is 14.9 Å². The Balaban J connectivity index is 1.84. The van der Waals surface area contributed by atoms with Crippen LogP contribution in [0.25, 0.3) is 22.2 Å². The molecule has 28 heavy (non-hydrogen) atoms. The van der Waals surface area contributed by atoms with E-state index in [9.17, 15) is 9.90 Å². The van der Waals surface area contributed by atoms with E-state index >= 15 is 0 Å². The van der Waals surface area contributed by atoms with Gasteiger partial charge in [0.1, 0.15) is 5.69 Å². The highest BCUT2D eigenvalue weighted by Gasteiger charge is 2.22. The molecule has 1 atom stereocenters. The van der Waals surface area contributed by atoms with Crippen LogP contribution in [0, 0.1) is 0 Å². The second kappa shape index (κ2) is 7.82. The molecule has 2 aromatic carbocycles. The van der Waals surface area contributed by atoms with Crippen molar-refractivity contribution in [2.45, 2.75) is 12.5 Å². The van der Waals surface area contributed by atoms with Gasteiger partial charge in [-0.15, -0.1) is 0 Å². The molecule has 7 heteroatoms. The van der Waals surface area contributed by atoms with Crippen LogP contribution in [0.3, 0.4) is 0 Å². The monoisotopic (exact) mass is 437 g/mol. The molecule has 2 aromatic heterocycles. The SMILES string of the molecule is O=C(O)N[C@@H](Cc1ccccn1)c1ccc(Br)cc1-c1noc2ccccc12. The third-order valence-corrected chi connectivity index (χ3v) is 4.95. The number of benzene rings is 2. The smallest absolute Gasteiger partial charge is 0.405 e. The Labute approximate surface area is 169 Å². The Morgan fingerprint density at radius 1 is 1.14 bits per heavy atom. The second-order valence-corrected chi connectivity index (χ2v) is 7.20. The summed E-state index contributed by atoms with van der Waals surface area (Å²) in [6, 6.07) is 18.4. The molecule has 0 radical (unpaired) electrons. The first kappa shape index (κ1) is 18.2. The van der Waals surface area contributed by atoms with Crippen molar-refractivity contribution in [1.82, 2.24) is 15.5 Å². The van der Waals surface area contributed by atoms with Crippen molar-refractivity contribution in [2.24, 2.45) is 0 Å². The standard InChI is InChI=1S/C21H16BrN3O3/c22-13-8-9-15(18(24-21(26)27)12-14-5-3-4-10-23-14)17(11-13)20-16-6-1-2-7-19(16)28-25-20/h1-11,18,24H,12H2,(H,26,27)/t18-/m0/s1. The molecule has 1 amide bonds. The number of halogens is 1. The van der Waals surface area contributed by atoms with Gasteiger partial charge in [0.05, 0.1) is 6.04 Å². The normalized spacial score (nSPS) is 12.0. The first-order valence-electron chi connectivity index (χ1n) is 8.65. The van der Waals surface area contributed by atoms with Crippen molar-refractivity contribution in [2.75, 3.05) is 0 Å². The highest BCUT2D eigenvalue weighted by atomic mass is 79.9. The molecule has 0 fully saturated rings. The fourth-order valence-corrected chi connectivity index (χ4v) is 3.59. The number of hydrogen-bond acceptors (Lipinski definition) is 4. The number of para-hydroxylation sites is 1. The Morgan fingerprint density at radius 2 is 1.96 bits per heavy atom. The first-order valence-corrected chi connectivity index (χ1v) is 9.45. The lowest BCUT2D eigenvalue weighted by molar-refractivity contribution is 0.190. The van der Waals surface area contributed by atoms with Crippen LogP contribution in [0.2, 0.25) is 0 Å². The molecule has 0 spiro atoms. The summed E-state index contributed by atoms with van der Waals surface area (Å²) >= 11 is 3.51. The number of carboxylic acid groups (broad SMARTS) is 1. The fraction of sp³-hybridized carbons (Fsp3) is 0.0952.